The maximum absolute atomic E-state index is 12.8. The first-order valence-electron chi connectivity index (χ1n) is 15.7. The topological polar surface area (TPSA) is 26.3 Å². The first-order chi connectivity index (χ1) is 16.5. The molecule has 0 aliphatic carbocycles. The second kappa shape index (κ2) is 21.7. The summed E-state index contributed by atoms with van der Waals surface area (Å²) >= 11 is 0. The van der Waals surface area contributed by atoms with Crippen molar-refractivity contribution in [3.63, 3.8) is 0 Å². The van der Waals surface area contributed by atoms with Gasteiger partial charge in [0, 0.05) is 11.8 Å². The molecule has 0 aromatic rings. The Balaban J connectivity index is 4.05. The van der Waals surface area contributed by atoms with Crippen LogP contribution >= 0.6 is 0 Å². The van der Waals surface area contributed by atoms with E-state index in [9.17, 15) is 4.79 Å². The fraction of sp³-hybridized carbons (Fsp3) is 0.969. The molecule has 0 aliphatic rings. The molecule has 0 bridgehead atoms. The number of carbonyl (C=O) groups is 1. The molecule has 0 radical (unpaired) electrons. The molecule has 2 heteroatoms. The summed E-state index contributed by atoms with van der Waals surface area (Å²) in [5.41, 5.74) is -0.171. The van der Waals surface area contributed by atoms with Crippen LogP contribution in [0.2, 0.25) is 0 Å². The van der Waals surface area contributed by atoms with Gasteiger partial charge in [-0.05, 0) is 38.5 Å². The Hall–Kier alpha value is -0.530. The van der Waals surface area contributed by atoms with Crippen molar-refractivity contribution in [2.75, 3.05) is 0 Å². The monoisotopic (exact) mass is 480 g/mol. The first-order valence-corrected chi connectivity index (χ1v) is 15.7. The van der Waals surface area contributed by atoms with Crippen LogP contribution in [0.15, 0.2) is 0 Å². The SMILES string of the molecule is CCCCCCCCCCCCCCCCCC(=O)OC(CC)(CC)C(CC)(CC)CCCC. The smallest absolute Gasteiger partial charge is 0.306 e. The average Bonchev–Trinajstić information content (AvgIpc) is 2.86. The van der Waals surface area contributed by atoms with E-state index in [1.54, 1.807) is 0 Å². The van der Waals surface area contributed by atoms with E-state index in [-0.39, 0.29) is 17.0 Å². The van der Waals surface area contributed by atoms with E-state index in [2.05, 4.69) is 41.5 Å². The number of hydrogen-bond donors (Lipinski definition) is 0. The zero-order chi connectivity index (χ0) is 25.5. The summed E-state index contributed by atoms with van der Waals surface area (Å²) < 4.78 is 6.36. The number of carbonyl (C=O) groups excluding carboxylic acids is 1. The highest BCUT2D eigenvalue weighted by Gasteiger charge is 2.49. The van der Waals surface area contributed by atoms with Crippen molar-refractivity contribution < 1.29 is 9.53 Å². The third-order valence-electron chi connectivity index (χ3n) is 8.76. The van der Waals surface area contributed by atoms with Gasteiger partial charge in [-0.15, -0.1) is 0 Å². The van der Waals surface area contributed by atoms with Gasteiger partial charge in [-0.3, -0.25) is 4.79 Å². The largest absolute Gasteiger partial charge is 0.458 e. The van der Waals surface area contributed by atoms with Crippen molar-refractivity contribution in [2.45, 2.75) is 195 Å². The van der Waals surface area contributed by atoms with Gasteiger partial charge in [0.2, 0.25) is 0 Å². The molecule has 0 heterocycles. The Kier molecular flexibility index (Phi) is 21.4. The summed E-state index contributed by atoms with van der Waals surface area (Å²) in [5.74, 6) is 0.0427. The standard InChI is InChI=1S/C32H64O2/c1-7-13-15-16-17-18-19-20-21-22-23-24-25-26-27-28-30(33)34-32(11-5,12-6)31(9-3,10-4)29-14-8-2/h7-29H2,1-6H3. The highest BCUT2D eigenvalue weighted by Crippen LogP contribution is 2.49. The van der Waals surface area contributed by atoms with Crippen LogP contribution in [-0.4, -0.2) is 11.6 Å². The van der Waals surface area contributed by atoms with E-state index in [0.717, 1.165) is 32.1 Å². The van der Waals surface area contributed by atoms with Crippen LogP contribution in [0.4, 0.5) is 0 Å². The van der Waals surface area contributed by atoms with E-state index in [4.69, 9.17) is 4.74 Å². The lowest BCUT2D eigenvalue weighted by Crippen LogP contribution is -2.50. The molecule has 0 aromatic heterocycles. The molecule has 0 saturated heterocycles. The van der Waals surface area contributed by atoms with Gasteiger partial charge in [-0.25, -0.2) is 0 Å². The van der Waals surface area contributed by atoms with Crippen LogP contribution in [0, 0.1) is 5.41 Å². The van der Waals surface area contributed by atoms with E-state index in [1.807, 2.05) is 0 Å². The molecule has 0 saturated carbocycles. The molecule has 0 rings (SSSR count). The average molecular weight is 481 g/mol. The molecule has 0 aliphatic heterocycles. The fourth-order valence-corrected chi connectivity index (χ4v) is 6.15. The second-order valence-corrected chi connectivity index (χ2v) is 11.0. The molecule has 0 N–H and O–H groups in total. The number of rotatable bonds is 25. The molecule has 0 unspecified atom stereocenters. The molecular weight excluding hydrogens is 416 g/mol. The van der Waals surface area contributed by atoms with E-state index in [1.165, 1.54) is 109 Å². The summed E-state index contributed by atoms with van der Waals surface area (Å²) in [6.07, 6.45) is 28.5. The lowest BCUT2D eigenvalue weighted by atomic mass is 9.62. The zero-order valence-electron chi connectivity index (χ0n) is 24.6. The van der Waals surface area contributed by atoms with Crippen molar-refractivity contribution in [1.82, 2.24) is 0 Å². The summed E-state index contributed by atoms with van der Waals surface area (Å²) in [5, 5.41) is 0. The maximum Gasteiger partial charge on any atom is 0.306 e. The molecule has 0 spiro atoms. The molecular formula is C32H64O2. The molecule has 0 fully saturated rings. The van der Waals surface area contributed by atoms with Gasteiger partial charge in [0.1, 0.15) is 5.60 Å². The van der Waals surface area contributed by atoms with E-state index >= 15 is 0 Å². The van der Waals surface area contributed by atoms with Crippen LogP contribution in [0.1, 0.15) is 189 Å². The Bertz CT molecular complexity index is 448. The number of esters is 1. The lowest BCUT2D eigenvalue weighted by molar-refractivity contribution is -0.183. The minimum absolute atomic E-state index is 0.0427. The minimum atomic E-state index is -0.293. The Morgan fingerprint density at radius 2 is 0.882 bits per heavy atom. The molecule has 34 heavy (non-hydrogen) atoms. The predicted octanol–water partition coefficient (Wildman–Crippen LogP) is 11.3. The molecule has 0 atom stereocenters. The maximum atomic E-state index is 12.8. The summed E-state index contributed by atoms with van der Waals surface area (Å²) in [6.45, 7) is 13.6. The third-order valence-corrected chi connectivity index (χ3v) is 8.76. The van der Waals surface area contributed by atoms with Crippen molar-refractivity contribution in [2.24, 2.45) is 5.41 Å². The molecule has 2 nitrogen and oxygen atoms in total. The van der Waals surface area contributed by atoms with Crippen LogP contribution in [0.5, 0.6) is 0 Å². The van der Waals surface area contributed by atoms with E-state index in [0.29, 0.717) is 6.42 Å². The van der Waals surface area contributed by atoms with Crippen molar-refractivity contribution >= 4 is 5.97 Å². The summed E-state index contributed by atoms with van der Waals surface area (Å²) in [6, 6.07) is 0. The van der Waals surface area contributed by atoms with Gasteiger partial charge in [0.05, 0.1) is 0 Å². The molecule has 0 amide bonds. The predicted molar refractivity (Wildman–Crippen MR) is 151 cm³/mol. The Morgan fingerprint density at radius 1 is 0.500 bits per heavy atom. The van der Waals surface area contributed by atoms with Gasteiger partial charge < -0.3 is 4.74 Å². The van der Waals surface area contributed by atoms with Gasteiger partial charge in [0.15, 0.2) is 0 Å². The second-order valence-electron chi connectivity index (χ2n) is 11.0. The van der Waals surface area contributed by atoms with Crippen molar-refractivity contribution in [3.05, 3.63) is 0 Å². The van der Waals surface area contributed by atoms with Crippen LogP contribution in [0.25, 0.3) is 0 Å². The summed E-state index contributed by atoms with van der Waals surface area (Å²) in [4.78, 5) is 12.8. The summed E-state index contributed by atoms with van der Waals surface area (Å²) in [7, 11) is 0. The van der Waals surface area contributed by atoms with Crippen LogP contribution < -0.4 is 0 Å². The molecule has 0 aromatic carbocycles. The van der Waals surface area contributed by atoms with E-state index < -0.39 is 0 Å². The fourth-order valence-electron chi connectivity index (χ4n) is 6.15. The minimum Gasteiger partial charge on any atom is -0.458 e. The third kappa shape index (κ3) is 13.0. The first kappa shape index (κ1) is 33.5. The number of ether oxygens (including phenoxy) is 1. The lowest BCUT2D eigenvalue weighted by Gasteiger charge is -2.49. The molecule has 204 valence electrons. The Morgan fingerprint density at radius 3 is 1.24 bits per heavy atom. The number of hydrogen-bond acceptors (Lipinski definition) is 2. The normalized spacial score (nSPS) is 12.3. The van der Waals surface area contributed by atoms with Gasteiger partial charge >= 0.3 is 5.97 Å². The van der Waals surface area contributed by atoms with Crippen molar-refractivity contribution in [1.29, 1.82) is 0 Å². The van der Waals surface area contributed by atoms with Crippen LogP contribution in [0.3, 0.4) is 0 Å². The zero-order valence-corrected chi connectivity index (χ0v) is 24.6. The quantitative estimate of drug-likeness (QED) is 0.0958. The van der Waals surface area contributed by atoms with Crippen molar-refractivity contribution in [3.8, 4) is 0 Å². The van der Waals surface area contributed by atoms with Gasteiger partial charge in [0.25, 0.3) is 0 Å². The van der Waals surface area contributed by atoms with Gasteiger partial charge in [-0.1, -0.05) is 144 Å². The Labute approximate surface area is 215 Å². The van der Waals surface area contributed by atoms with Gasteiger partial charge in [-0.2, -0.15) is 0 Å². The van der Waals surface area contributed by atoms with Crippen LogP contribution in [-0.2, 0) is 9.53 Å². The number of unbranched alkanes of at least 4 members (excludes halogenated alkanes) is 15. The highest BCUT2D eigenvalue weighted by atomic mass is 16.6. The highest BCUT2D eigenvalue weighted by molar-refractivity contribution is 5.70.